The number of nitrogens with zero attached hydrogens (tertiary/aromatic N) is 1. The van der Waals surface area contributed by atoms with Crippen LogP contribution in [0.5, 0.6) is 0 Å². The molecule has 0 bridgehead atoms. The van der Waals surface area contributed by atoms with Gasteiger partial charge in [-0.25, -0.2) is 13.1 Å². The number of aromatic nitrogens is 1. The van der Waals surface area contributed by atoms with Gasteiger partial charge < -0.3 is 4.57 Å². The van der Waals surface area contributed by atoms with Gasteiger partial charge in [-0.2, -0.15) is 0 Å². The fraction of sp³-hybridized carbons (Fsp3) is 0.231. The fourth-order valence-electron chi connectivity index (χ4n) is 1.69. The van der Waals surface area contributed by atoms with Crippen LogP contribution in [0.15, 0.2) is 47.5 Å². The zero-order valence-electron chi connectivity index (χ0n) is 10.5. The van der Waals surface area contributed by atoms with Crippen LogP contribution in [-0.4, -0.2) is 13.0 Å². The second-order valence-corrected chi connectivity index (χ2v) is 6.54. The van der Waals surface area contributed by atoms with Crippen LogP contribution in [0.25, 0.3) is 0 Å². The molecule has 0 aliphatic carbocycles. The Hall–Kier alpha value is -1.11. The van der Waals surface area contributed by atoms with Gasteiger partial charge >= 0.3 is 0 Å². The average molecular weight is 343 g/mol. The van der Waals surface area contributed by atoms with E-state index in [1.54, 1.807) is 24.3 Å². The number of nitrogens with one attached hydrogen (secondary N) is 1. The van der Waals surface area contributed by atoms with Gasteiger partial charge in [0.25, 0.3) is 0 Å². The molecule has 0 spiro atoms. The predicted molar refractivity (Wildman–Crippen MR) is 78.5 cm³/mol. The molecule has 1 aromatic carbocycles. The Morgan fingerprint density at radius 2 is 1.89 bits per heavy atom. The van der Waals surface area contributed by atoms with Crippen molar-refractivity contribution in [2.45, 2.75) is 16.8 Å². The first-order valence-electron chi connectivity index (χ1n) is 5.78. The summed E-state index contributed by atoms with van der Waals surface area (Å²) in [5.74, 6) is 0. The highest BCUT2D eigenvalue weighted by atomic mass is 79.9. The first-order chi connectivity index (χ1) is 9.03. The number of aryl methyl sites for hydroxylation is 1. The van der Waals surface area contributed by atoms with E-state index in [2.05, 4.69) is 20.7 Å². The number of sulfonamides is 1. The van der Waals surface area contributed by atoms with Gasteiger partial charge in [-0.05, 0) is 29.8 Å². The summed E-state index contributed by atoms with van der Waals surface area (Å²) in [6.45, 7) is 0.284. The van der Waals surface area contributed by atoms with Crippen molar-refractivity contribution < 1.29 is 8.42 Å². The molecule has 1 N–H and O–H groups in total. The predicted octanol–water partition coefficient (Wildman–Crippen LogP) is 2.40. The molecule has 0 saturated carbocycles. The highest BCUT2D eigenvalue weighted by Gasteiger charge is 2.13. The molecular formula is C13H15BrN2O2S. The summed E-state index contributed by atoms with van der Waals surface area (Å²) in [4.78, 5) is 0.284. The maximum Gasteiger partial charge on any atom is 0.240 e. The van der Waals surface area contributed by atoms with Crippen molar-refractivity contribution in [2.75, 3.05) is 0 Å². The monoisotopic (exact) mass is 342 g/mol. The van der Waals surface area contributed by atoms with Crippen LogP contribution in [0.4, 0.5) is 0 Å². The van der Waals surface area contributed by atoms with Gasteiger partial charge in [0, 0.05) is 24.3 Å². The van der Waals surface area contributed by atoms with Crippen LogP contribution in [0.3, 0.4) is 0 Å². The van der Waals surface area contributed by atoms with Crippen molar-refractivity contribution in [3.05, 3.63) is 53.9 Å². The first kappa shape index (κ1) is 14.3. The summed E-state index contributed by atoms with van der Waals surface area (Å²) in [5, 5.41) is 0.712. The highest BCUT2D eigenvalue weighted by molar-refractivity contribution is 9.08. The van der Waals surface area contributed by atoms with Gasteiger partial charge in [0.1, 0.15) is 0 Å². The lowest BCUT2D eigenvalue weighted by Crippen LogP contribution is -2.24. The third kappa shape index (κ3) is 3.46. The van der Waals surface area contributed by atoms with Crippen LogP contribution >= 0.6 is 15.9 Å². The van der Waals surface area contributed by atoms with Crippen LogP contribution in [0.1, 0.15) is 11.3 Å². The smallest absolute Gasteiger partial charge is 0.240 e. The van der Waals surface area contributed by atoms with E-state index in [9.17, 15) is 8.42 Å². The number of benzene rings is 1. The molecule has 0 saturated heterocycles. The fourth-order valence-corrected chi connectivity index (χ4v) is 3.06. The number of rotatable bonds is 5. The standard InChI is InChI=1S/C13H15BrN2O2S/c1-16-8-2-3-12(16)10-15-19(17,18)13-6-4-11(9-14)5-7-13/h2-8,15H,9-10H2,1H3. The Morgan fingerprint density at radius 3 is 2.42 bits per heavy atom. The number of hydrogen-bond donors (Lipinski definition) is 1. The molecule has 1 aromatic heterocycles. The topological polar surface area (TPSA) is 51.1 Å². The quantitative estimate of drug-likeness (QED) is 0.848. The average Bonchev–Trinajstić information content (AvgIpc) is 2.82. The molecule has 19 heavy (non-hydrogen) atoms. The molecule has 0 unspecified atom stereocenters. The van der Waals surface area contributed by atoms with Gasteiger partial charge in [-0.1, -0.05) is 28.1 Å². The van der Waals surface area contributed by atoms with Crippen molar-refractivity contribution in [1.82, 2.24) is 9.29 Å². The Kier molecular flexibility index (Phi) is 4.44. The van der Waals surface area contributed by atoms with Gasteiger partial charge in [0.2, 0.25) is 10.0 Å². The lowest BCUT2D eigenvalue weighted by Gasteiger charge is -2.08. The number of hydrogen-bond acceptors (Lipinski definition) is 2. The lowest BCUT2D eigenvalue weighted by molar-refractivity contribution is 0.579. The molecule has 0 radical (unpaired) electrons. The van der Waals surface area contributed by atoms with Crippen LogP contribution in [0, 0.1) is 0 Å². The molecule has 6 heteroatoms. The number of halogens is 1. The van der Waals surface area contributed by atoms with Crippen LogP contribution in [-0.2, 0) is 28.9 Å². The molecular weight excluding hydrogens is 328 g/mol. The van der Waals surface area contributed by atoms with E-state index in [0.717, 1.165) is 11.3 Å². The van der Waals surface area contributed by atoms with E-state index in [0.29, 0.717) is 5.33 Å². The molecule has 0 fully saturated rings. The third-order valence-corrected chi connectivity index (χ3v) is 4.95. The normalized spacial score (nSPS) is 11.7. The van der Waals surface area contributed by atoms with Gasteiger partial charge in [0.05, 0.1) is 11.4 Å². The van der Waals surface area contributed by atoms with E-state index >= 15 is 0 Å². The zero-order valence-corrected chi connectivity index (χ0v) is 12.9. The SMILES string of the molecule is Cn1cccc1CNS(=O)(=O)c1ccc(CBr)cc1. The second-order valence-electron chi connectivity index (χ2n) is 4.21. The molecule has 2 rings (SSSR count). The third-order valence-electron chi connectivity index (χ3n) is 2.88. The van der Waals surface area contributed by atoms with Crippen molar-refractivity contribution >= 4 is 26.0 Å². The van der Waals surface area contributed by atoms with Crippen molar-refractivity contribution in [3.63, 3.8) is 0 Å². The molecule has 0 atom stereocenters. The molecule has 2 aromatic rings. The lowest BCUT2D eigenvalue weighted by atomic mass is 10.2. The van der Waals surface area contributed by atoms with Gasteiger partial charge in [-0.15, -0.1) is 0 Å². The first-order valence-corrected chi connectivity index (χ1v) is 8.38. The summed E-state index contributed by atoms with van der Waals surface area (Å²) in [7, 11) is -1.57. The largest absolute Gasteiger partial charge is 0.353 e. The Bertz CT molecular complexity index is 648. The van der Waals surface area contributed by atoms with Gasteiger partial charge in [-0.3, -0.25) is 0 Å². The zero-order chi connectivity index (χ0) is 13.9. The summed E-state index contributed by atoms with van der Waals surface area (Å²) in [6.07, 6.45) is 1.88. The maximum absolute atomic E-state index is 12.1. The minimum Gasteiger partial charge on any atom is -0.353 e. The maximum atomic E-state index is 12.1. The molecule has 0 aliphatic heterocycles. The van der Waals surface area contributed by atoms with E-state index in [1.807, 2.05) is 29.9 Å². The Balaban J connectivity index is 2.11. The van der Waals surface area contributed by atoms with Crippen molar-refractivity contribution in [2.24, 2.45) is 7.05 Å². The molecule has 1 heterocycles. The summed E-state index contributed by atoms with van der Waals surface area (Å²) in [6, 6.07) is 10.6. The second kappa shape index (κ2) is 5.90. The van der Waals surface area contributed by atoms with E-state index in [1.165, 1.54) is 0 Å². The van der Waals surface area contributed by atoms with Crippen LogP contribution < -0.4 is 4.72 Å². The Labute approximate surface area is 121 Å². The van der Waals surface area contributed by atoms with Gasteiger partial charge in [0.15, 0.2) is 0 Å². The highest BCUT2D eigenvalue weighted by Crippen LogP contribution is 2.13. The summed E-state index contributed by atoms with van der Waals surface area (Å²) < 4.78 is 28.7. The number of alkyl halides is 1. The molecule has 0 amide bonds. The summed E-state index contributed by atoms with van der Waals surface area (Å²) >= 11 is 3.33. The summed E-state index contributed by atoms with van der Waals surface area (Å²) in [5.41, 5.74) is 1.96. The Morgan fingerprint density at radius 1 is 1.21 bits per heavy atom. The van der Waals surface area contributed by atoms with Crippen molar-refractivity contribution in [1.29, 1.82) is 0 Å². The van der Waals surface area contributed by atoms with E-state index < -0.39 is 10.0 Å². The minimum atomic E-state index is -3.46. The van der Waals surface area contributed by atoms with Crippen LogP contribution in [0.2, 0.25) is 0 Å². The molecule has 102 valence electrons. The minimum absolute atomic E-state index is 0.284. The van der Waals surface area contributed by atoms with Crippen molar-refractivity contribution in [3.8, 4) is 0 Å². The molecule has 4 nitrogen and oxygen atoms in total. The molecule has 0 aliphatic rings. The van der Waals surface area contributed by atoms with E-state index in [4.69, 9.17) is 0 Å². The van der Waals surface area contributed by atoms with E-state index in [-0.39, 0.29) is 11.4 Å².